The summed E-state index contributed by atoms with van der Waals surface area (Å²) in [6, 6.07) is 15.0. The minimum atomic E-state index is -0.222. The number of fused-ring (bicyclic) bond motifs is 1. The molecule has 0 aliphatic rings. The smallest absolute Gasteiger partial charge is 0.277 e. The van der Waals surface area contributed by atoms with Crippen LogP contribution in [0.5, 0.6) is 0 Å². The summed E-state index contributed by atoms with van der Waals surface area (Å²) in [6.07, 6.45) is 0.204. The van der Waals surface area contributed by atoms with Gasteiger partial charge >= 0.3 is 0 Å². The topological polar surface area (TPSA) is 68.1 Å². The molecule has 0 atom stereocenters. The second kappa shape index (κ2) is 7.25. The summed E-state index contributed by atoms with van der Waals surface area (Å²) in [5.41, 5.74) is 2.60. The van der Waals surface area contributed by atoms with Crippen LogP contribution < -0.4 is 5.56 Å². The largest absolute Gasteiger partial charge is 0.341 e. The van der Waals surface area contributed by atoms with Gasteiger partial charge in [0.15, 0.2) is 0 Å². The molecule has 0 aliphatic heterocycles. The minimum absolute atomic E-state index is 0.0369. The second-order valence-corrected chi connectivity index (χ2v) is 6.06. The first kappa shape index (κ1) is 16.8. The highest BCUT2D eigenvalue weighted by atomic mass is 16.2. The van der Waals surface area contributed by atoms with Gasteiger partial charge in [0.05, 0.1) is 11.9 Å². The lowest BCUT2D eigenvalue weighted by molar-refractivity contribution is -0.130. The Morgan fingerprint density at radius 2 is 1.84 bits per heavy atom. The fourth-order valence-electron chi connectivity index (χ4n) is 2.69. The van der Waals surface area contributed by atoms with Gasteiger partial charge in [0, 0.05) is 20.0 Å². The molecular formula is C19H20N4O2. The zero-order valence-electron chi connectivity index (χ0n) is 14.3. The average molecular weight is 336 g/mol. The number of benzene rings is 2. The monoisotopic (exact) mass is 336 g/mol. The molecule has 128 valence electrons. The van der Waals surface area contributed by atoms with Crippen LogP contribution in [0.3, 0.4) is 0 Å². The summed E-state index contributed by atoms with van der Waals surface area (Å²) in [5, 5.41) is 8.46. The van der Waals surface area contributed by atoms with Crippen molar-refractivity contribution in [2.24, 2.45) is 0 Å². The van der Waals surface area contributed by atoms with E-state index in [4.69, 9.17) is 0 Å². The summed E-state index contributed by atoms with van der Waals surface area (Å²) in [7, 11) is 1.77. The zero-order valence-corrected chi connectivity index (χ0v) is 14.3. The van der Waals surface area contributed by atoms with Crippen LogP contribution in [-0.2, 0) is 17.9 Å². The number of nitrogens with zero attached hydrogens (tertiary/aromatic N) is 4. The molecule has 25 heavy (non-hydrogen) atoms. The van der Waals surface area contributed by atoms with E-state index in [2.05, 4.69) is 10.3 Å². The Morgan fingerprint density at radius 3 is 2.64 bits per heavy atom. The standard InChI is InChI=1S/C19H20N4O2/c1-14-7-3-4-8-15(14)13-22(2)18(24)11-12-23-19(25)16-9-5-6-10-17(16)20-21-23/h3-10H,11-13H2,1-2H3. The third-order valence-corrected chi connectivity index (χ3v) is 4.26. The maximum atomic E-state index is 12.4. The van der Waals surface area contributed by atoms with E-state index in [1.807, 2.05) is 37.3 Å². The SMILES string of the molecule is Cc1ccccc1CN(C)C(=O)CCn1nnc2ccccc2c1=O. The van der Waals surface area contributed by atoms with E-state index in [0.717, 1.165) is 11.1 Å². The number of hydrogen-bond donors (Lipinski definition) is 0. The van der Waals surface area contributed by atoms with Gasteiger partial charge in [-0.05, 0) is 30.2 Å². The van der Waals surface area contributed by atoms with Gasteiger partial charge in [-0.25, -0.2) is 4.68 Å². The molecule has 0 radical (unpaired) electrons. The number of amides is 1. The molecule has 1 heterocycles. The number of aromatic nitrogens is 3. The molecule has 0 saturated heterocycles. The normalized spacial score (nSPS) is 10.8. The van der Waals surface area contributed by atoms with Crippen molar-refractivity contribution in [3.63, 3.8) is 0 Å². The molecule has 0 saturated carbocycles. The van der Waals surface area contributed by atoms with E-state index < -0.39 is 0 Å². The maximum Gasteiger partial charge on any atom is 0.277 e. The summed E-state index contributed by atoms with van der Waals surface area (Å²) in [5.74, 6) is -0.0369. The first-order chi connectivity index (χ1) is 12.1. The number of carbonyl (C=O) groups excluding carboxylic acids is 1. The predicted octanol–water partition coefficient (Wildman–Crippen LogP) is 2.15. The van der Waals surface area contributed by atoms with Gasteiger partial charge < -0.3 is 4.90 Å². The molecule has 3 rings (SSSR count). The van der Waals surface area contributed by atoms with Crippen molar-refractivity contribution < 1.29 is 4.79 Å². The van der Waals surface area contributed by atoms with Crippen LogP contribution in [0.15, 0.2) is 53.3 Å². The lowest BCUT2D eigenvalue weighted by atomic mass is 10.1. The molecule has 0 unspecified atom stereocenters. The summed E-state index contributed by atoms with van der Waals surface area (Å²) in [6.45, 7) is 2.79. The van der Waals surface area contributed by atoms with Gasteiger partial charge in [-0.2, -0.15) is 0 Å². The van der Waals surface area contributed by atoms with Gasteiger partial charge in [-0.1, -0.05) is 41.6 Å². The molecule has 6 heteroatoms. The highest BCUT2D eigenvalue weighted by Gasteiger charge is 2.12. The summed E-state index contributed by atoms with van der Waals surface area (Å²) >= 11 is 0. The van der Waals surface area contributed by atoms with Crippen molar-refractivity contribution in [3.05, 3.63) is 70.0 Å². The molecule has 0 fully saturated rings. The van der Waals surface area contributed by atoms with Crippen molar-refractivity contribution in [1.82, 2.24) is 19.9 Å². The number of carbonyl (C=O) groups is 1. The summed E-state index contributed by atoms with van der Waals surface area (Å²) in [4.78, 5) is 26.4. The molecule has 1 aromatic heterocycles. The van der Waals surface area contributed by atoms with Crippen LogP contribution in [0.4, 0.5) is 0 Å². The van der Waals surface area contributed by atoms with Crippen LogP contribution in [0.25, 0.3) is 10.9 Å². The molecule has 3 aromatic rings. The Bertz CT molecular complexity index is 965. The van der Waals surface area contributed by atoms with Crippen LogP contribution >= 0.6 is 0 Å². The van der Waals surface area contributed by atoms with Gasteiger partial charge in [0.2, 0.25) is 5.91 Å². The first-order valence-electron chi connectivity index (χ1n) is 8.17. The van der Waals surface area contributed by atoms with Crippen molar-refractivity contribution in [3.8, 4) is 0 Å². The molecule has 6 nitrogen and oxygen atoms in total. The average Bonchev–Trinajstić information content (AvgIpc) is 2.63. The predicted molar refractivity (Wildman–Crippen MR) is 96.1 cm³/mol. The van der Waals surface area contributed by atoms with Gasteiger partial charge in [0.1, 0.15) is 5.52 Å². The van der Waals surface area contributed by atoms with E-state index in [9.17, 15) is 9.59 Å². The molecular weight excluding hydrogens is 316 g/mol. The maximum absolute atomic E-state index is 12.4. The quantitative estimate of drug-likeness (QED) is 0.716. The van der Waals surface area contributed by atoms with Crippen LogP contribution in [0, 0.1) is 6.92 Å². The van der Waals surface area contributed by atoms with Crippen molar-refractivity contribution in [2.75, 3.05) is 7.05 Å². The fraction of sp³-hybridized carbons (Fsp3) is 0.263. The minimum Gasteiger partial charge on any atom is -0.341 e. The molecule has 0 aliphatic carbocycles. The van der Waals surface area contributed by atoms with E-state index in [1.54, 1.807) is 30.1 Å². The molecule has 0 bridgehead atoms. The lowest BCUT2D eigenvalue weighted by Gasteiger charge is -2.18. The van der Waals surface area contributed by atoms with E-state index in [-0.39, 0.29) is 24.4 Å². The Hall–Kier alpha value is -3.02. The highest BCUT2D eigenvalue weighted by molar-refractivity contribution is 5.77. The number of hydrogen-bond acceptors (Lipinski definition) is 4. The van der Waals surface area contributed by atoms with Crippen molar-refractivity contribution in [2.45, 2.75) is 26.4 Å². The van der Waals surface area contributed by atoms with Gasteiger partial charge in [-0.3, -0.25) is 9.59 Å². The Labute approximate surface area is 145 Å². The van der Waals surface area contributed by atoms with E-state index in [0.29, 0.717) is 17.4 Å². The lowest BCUT2D eigenvalue weighted by Crippen LogP contribution is -2.30. The van der Waals surface area contributed by atoms with Crippen LogP contribution in [0.2, 0.25) is 0 Å². The zero-order chi connectivity index (χ0) is 17.8. The summed E-state index contributed by atoms with van der Waals surface area (Å²) < 4.78 is 1.25. The fourth-order valence-corrected chi connectivity index (χ4v) is 2.69. The third-order valence-electron chi connectivity index (χ3n) is 4.26. The Morgan fingerprint density at radius 1 is 1.12 bits per heavy atom. The Kier molecular flexibility index (Phi) is 4.88. The van der Waals surface area contributed by atoms with E-state index >= 15 is 0 Å². The number of aryl methyl sites for hydroxylation is 2. The van der Waals surface area contributed by atoms with Gasteiger partial charge in [-0.15, -0.1) is 5.10 Å². The van der Waals surface area contributed by atoms with Crippen LogP contribution in [0.1, 0.15) is 17.5 Å². The highest BCUT2D eigenvalue weighted by Crippen LogP contribution is 2.10. The molecule has 0 spiro atoms. The van der Waals surface area contributed by atoms with Crippen molar-refractivity contribution >= 4 is 16.8 Å². The second-order valence-electron chi connectivity index (χ2n) is 6.06. The van der Waals surface area contributed by atoms with E-state index in [1.165, 1.54) is 4.68 Å². The molecule has 0 N–H and O–H groups in total. The first-order valence-corrected chi connectivity index (χ1v) is 8.17. The third kappa shape index (κ3) is 3.74. The molecule has 1 amide bonds. The Balaban J connectivity index is 1.67. The molecule has 2 aromatic carbocycles. The van der Waals surface area contributed by atoms with Crippen LogP contribution in [-0.4, -0.2) is 32.8 Å². The van der Waals surface area contributed by atoms with Gasteiger partial charge in [0.25, 0.3) is 5.56 Å². The number of rotatable bonds is 5. The van der Waals surface area contributed by atoms with Crippen molar-refractivity contribution in [1.29, 1.82) is 0 Å².